The first-order valence-electron chi connectivity index (χ1n) is 6.40. The monoisotopic (exact) mass is 293 g/mol. The van der Waals surface area contributed by atoms with E-state index >= 15 is 0 Å². The Kier molecular flexibility index (Phi) is 5.06. The van der Waals surface area contributed by atoms with Gasteiger partial charge in [0.2, 0.25) is 11.2 Å². The SMILES string of the molecule is CCCOc1nc(Cl)nc(NC(C)c2cccnc2)n1. The molecule has 20 heavy (non-hydrogen) atoms. The zero-order valence-corrected chi connectivity index (χ0v) is 12.1. The molecule has 7 heteroatoms. The van der Waals surface area contributed by atoms with Gasteiger partial charge in [0.1, 0.15) is 0 Å². The second kappa shape index (κ2) is 7.00. The first kappa shape index (κ1) is 14.5. The van der Waals surface area contributed by atoms with Crippen LogP contribution in [0.25, 0.3) is 0 Å². The Balaban J connectivity index is 2.10. The van der Waals surface area contributed by atoms with Gasteiger partial charge < -0.3 is 10.1 Å². The topological polar surface area (TPSA) is 72.8 Å². The third-order valence-corrected chi connectivity index (χ3v) is 2.72. The van der Waals surface area contributed by atoms with Crippen LogP contribution in [0.15, 0.2) is 24.5 Å². The average molecular weight is 294 g/mol. The van der Waals surface area contributed by atoms with E-state index in [1.165, 1.54) is 0 Å². The van der Waals surface area contributed by atoms with Crippen molar-refractivity contribution in [2.45, 2.75) is 26.3 Å². The van der Waals surface area contributed by atoms with Crippen LogP contribution < -0.4 is 10.1 Å². The fraction of sp³-hybridized carbons (Fsp3) is 0.385. The average Bonchev–Trinajstić information content (AvgIpc) is 2.45. The molecule has 1 atom stereocenters. The predicted octanol–water partition coefficient (Wildman–Crippen LogP) is 2.88. The molecular formula is C13H16ClN5O. The summed E-state index contributed by atoms with van der Waals surface area (Å²) < 4.78 is 5.36. The molecule has 0 radical (unpaired) electrons. The minimum Gasteiger partial charge on any atom is -0.463 e. The molecule has 6 nitrogen and oxygen atoms in total. The molecule has 0 aliphatic carbocycles. The quantitative estimate of drug-likeness (QED) is 0.883. The van der Waals surface area contributed by atoms with Crippen molar-refractivity contribution in [1.82, 2.24) is 19.9 Å². The fourth-order valence-electron chi connectivity index (χ4n) is 1.56. The van der Waals surface area contributed by atoms with Gasteiger partial charge >= 0.3 is 6.01 Å². The van der Waals surface area contributed by atoms with E-state index in [1.54, 1.807) is 12.4 Å². The van der Waals surface area contributed by atoms with Crippen LogP contribution in [0.1, 0.15) is 31.9 Å². The summed E-state index contributed by atoms with van der Waals surface area (Å²) in [7, 11) is 0. The van der Waals surface area contributed by atoms with Crippen LogP contribution in [-0.4, -0.2) is 26.5 Å². The Morgan fingerprint density at radius 2 is 2.20 bits per heavy atom. The summed E-state index contributed by atoms with van der Waals surface area (Å²) in [5.74, 6) is 0.382. The maximum Gasteiger partial charge on any atom is 0.322 e. The maximum atomic E-state index is 5.86. The smallest absolute Gasteiger partial charge is 0.322 e. The van der Waals surface area contributed by atoms with Gasteiger partial charge in [0.15, 0.2) is 0 Å². The summed E-state index contributed by atoms with van der Waals surface area (Å²) in [6.07, 6.45) is 4.39. The van der Waals surface area contributed by atoms with Crippen molar-refractivity contribution in [2.24, 2.45) is 0 Å². The highest BCUT2D eigenvalue weighted by atomic mass is 35.5. The number of aromatic nitrogens is 4. The zero-order chi connectivity index (χ0) is 14.4. The van der Waals surface area contributed by atoms with Gasteiger partial charge in [-0.05, 0) is 36.6 Å². The van der Waals surface area contributed by atoms with E-state index in [2.05, 4.69) is 25.3 Å². The van der Waals surface area contributed by atoms with Crippen LogP contribution in [0.3, 0.4) is 0 Å². The number of hydrogen-bond acceptors (Lipinski definition) is 6. The summed E-state index contributed by atoms with van der Waals surface area (Å²) >= 11 is 5.86. The number of rotatable bonds is 6. The molecule has 1 N–H and O–H groups in total. The largest absolute Gasteiger partial charge is 0.463 e. The zero-order valence-electron chi connectivity index (χ0n) is 11.4. The third-order valence-electron chi connectivity index (χ3n) is 2.55. The van der Waals surface area contributed by atoms with Crippen molar-refractivity contribution >= 4 is 17.5 Å². The van der Waals surface area contributed by atoms with Crippen LogP contribution in [0.5, 0.6) is 6.01 Å². The molecule has 0 saturated carbocycles. The minimum absolute atomic E-state index is 0.00110. The summed E-state index contributed by atoms with van der Waals surface area (Å²) in [5, 5.41) is 3.25. The van der Waals surface area contributed by atoms with E-state index in [9.17, 15) is 0 Å². The van der Waals surface area contributed by atoms with Crippen LogP contribution in [-0.2, 0) is 0 Å². The molecule has 0 amide bonds. The first-order valence-corrected chi connectivity index (χ1v) is 6.77. The number of ether oxygens (including phenoxy) is 1. The highest BCUT2D eigenvalue weighted by molar-refractivity contribution is 6.28. The van der Waals surface area contributed by atoms with Gasteiger partial charge in [-0.15, -0.1) is 0 Å². The second-order valence-electron chi connectivity index (χ2n) is 4.21. The minimum atomic E-state index is 0.00110. The maximum absolute atomic E-state index is 5.86. The number of anilines is 1. The molecule has 0 saturated heterocycles. The number of nitrogens with one attached hydrogen (secondary N) is 1. The summed E-state index contributed by atoms with van der Waals surface area (Å²) in [4.78, 5) is 16.2. The molecule has 0 bridgehead atoms. The third kappa shape index (κ3) is 4.03. The van der Waals surface area contributed by atoms with Gasteiger partial charge in [0.05, 0.1) is 12.6 Å². The summed E-state index contributed by atoms with van der Waals surface area (Å²) in [6.45, 7) is 4.53. The molecule has 0 spiro atoms. The Morgan fingerprint density at radius 1 is 1.35 bits per heavy atom. The van der Waals surface area contributed by atoms with Crippen LogP contribution in [0, 0.1) is 0 Å². The lowest BCUT2D eigenvalue weighted by Crippen LogP contribution is -2.11. The lowest BCUT2D eigenvalue weighted by Gasteiger charge is -2.14. The Morgan fingerprint density at radius 3 is 2.90 bits per heavy atom. The number of hydrogen-bond donors (Lipinski definition) is 1. The van der Waals surface area contributed by atoms with Crippen molar-refractivity contribution in [3.8, 4) is 6.01 Å². The molecule has 2 heterocycles. The standard InChI is InChI=1S/C13H16ClN5O/c1-3-7-20-13-18-11(14)17-12(19-13)16-9(2)10-5-4-6-15-8-10/h4-6,8-9H,3,7H2,1-2H3,(H,16,17,18,19). The van der Waals surface area contributed by atoms with Gasteiger partial charge in [-0.25, -0.2) is 0 Å². The molecule has 0 fully saturated rings. The first-order chi connectivity index (χ1) is 9.69. The van der Waals surface area contributed by atoms with Crippen molar-refractivity contribution in [2.75, 3.05) is 11.9 Å². The highest BCUT2D eigenvalue weighted by Gasteiger charge is 2.10. The molecule has 106 valence electrons. The molecule has 0 aliphatic heterocycles. The Labute approximate surface area is 122 Å². The van der Waals surface area contributed by atoms with Gasteiger partial charge in [-0.3, -0.25) is 4.98 Å². The van der Waals surface area contributed by atoms with E-state index in [1.807, 2.05) is 26.0 Å². The predicted molar refractivity (Wildman–Crippen MR) is 76.9 cm³/mol. The lowest BCUT2D eigenvalue weighted by atomic mass is 10.1. The van der Waals surface area contributed by atoms with Gasteiger partial charge in [-0.1, -0.05) is 13.0 Å². The number of pyridine rings is 1. The number of nitrogens with zero attached hydrogens (tertiary/aromatic N) is 4. The molecule has 2 aromatic rings. The van der Waals surface area contributed by atoms with E-state index in [4.69, 9.17) is 16.3 Å². The second-order valence-corrected chi connectivity index (χ2v) is 4.55. The van der Waals surface area contributed by atoms with Crippen LogP contribution >= 0.6 is 11.6 Å². The van der Waals surface area contributed by atoms with Gasteiger partial charge in [-0.2, -0.15) is 15.0 Å². The molecule has 2 rings (SSSR count). The Hall–Kier alpha value is -1.95. The fourth-order valence-corrected chi connectivity index (χ4v) is 1.72. The molecular weight excluding hydrogens is 278 g/mol. The summed E-state index contributed by atoms with van der Waals surface area (Å²) in [5.41, 5.74) is 1.03. The molecule has 1 unspecified atom stereocenters. The van der Waals surface area contributed by atoms with E-state index in [0.717, 1.165) is 12.0 Å². The van der Waals surface area contributed by atoms with Crippen molar-refractivity contribution < 1.29 is 4.74 Å². The highest BCUT2D eigenvalue weighted by Crippen LogP contribution is 2.18. The number of halogens is 1. The lowest BCUT2D eigenvalue weighted by molar-refractivity contribution is 0.291. The Bertz CT molecular complexity index is 552. The van der Waals surface area contributed by atoms with E-state index in [-0.39, 0.29) is 17.3 Å². The van der Waals surface area contributed by atoms with Gasteiger partial charge in [0.25, 0.3) is 0 Å². The normalized spacial score (nSPS) is 11.9. The molecule has 2 aromatic heterocycles. The van der Waals surface area contributed by atoms with Crippen molar-refractivity contribution in [1.29, 1.82) is 0 Å². The van der Waals surface area contributed by atoms with Crippen LogP contribution in [0.2, 0.25) is 5.28 Å². The van der Waals surface area contributed by atoms with Gasteiger partial charge in [0, 0.05) is 12.4 Å². The summed E-state index contributed by atoms with van der Waals surface area (Å²) in [6, 6.07) is 4.08. The van der Waals surface area contributed by atoms with Crippen molar-refractivity contribution in [3.05, 3.63) is 35.4 Å². The molecule has 0 aliphatic rings. The van der Waals surface area contributed by atoms with Crippen molar-refractivity contribution in [3.63, 3.8) is 0 Å². The van der Waals surface area contributed by atoms with E-state index < -0.39 is 0 Å². The van der Waals surface area contributed by atoms with Crippen LogP contribution in [0.4, 0.5) is 5.95 Å². The molecule has 0 aromatic carbocycles. The van der Waals surface area contributed by atoms with E-state index in [0.29, 0.717) is 12.6 Å².